The first kappa shape index (κ1) is 26.0. The average Bonchev–Trinajstić information content (AvgIpc) is 2.81. The number of carbonyl (C=O) groups is 1. The van der Waals surface area contributed by atoms with Crippen LogP contribution < -0.4 is 0 Å². The number of hydrogen-bond acceptors (Lipinski definition) is 3. The Morgan fingerprint density at radius 2 is 1.31 bits per heavy atom. The first-order valence-corrected chi connectivity index (χ1v) is 12.8. The third kappa shape index (κ3) is 9.50. The minimum Gasteiger partial charge on any atom is -0.481 e. The number of carboxylic acids is 1. The van der Waals surface area contributed by atoms with Gasteiger partial charge in [-0.2, -0.15) is 0 Å². The molecule has 0 spiro atoms. The molecule has 0 aliphatic rings. The van der Waals surface area contributed by atoms with Crippen LogP contribution in [0.25, 0.3) is 11.4 Å². The van der Waals surface area contributed by atoms with Crippen LogP contribution in [0.15, 0.2) is 36.7 Å². The Labute approximate surface area is 194 Å². The zero-order valence-electron chi connectivity index (χ0n) is 20.2. The molecular weight excluding hydrogens is 396 g/mol. The summed E-state index contributed by atoms with van der Waals surface area (Å²) in [5.41, 5.74) is 2.99. The van der Waals surface area contributed by atoms with Crippen LogP contribution in [0.2, 0.25) is 0 Å². The molecule has 1 heterocycles. The molecule has 4 nitrogen and oxygen atoms in total. The van der Waals surface area contributed by atoms with Crippen LogP contribution in [0.5, 0.6) is 0 Å². The van der Waals surface area contributed by atoms with Gasteiger partial charge < -0.3 is 5.11 Å². The molecule has 0 saturated carbocycles. The summed E-state index contributed by atoms with van der Waals surface area (Å²) in [5, 5.41) is 9.69. The van der Waals surface area contributed by atoms with E-state index in [4.69, 9.17) is 0 Å². The highest BCUT2D eigenvalue weighted by Crippen LogP contribution is 2.26. The Hall–Kier alpha value is -2.23. The predicted octanol–water partition coefficient (Wildman–Crippen LogP) is 7.97. The van der Waals surface area contributed by atoms with Gasteiger partial charge in [0.1, 0.15) is 0 Å². The van der Waals surface area contributed by atoms with Gasteiger partial charge in [-0.1, -0.05) is 109 Å². The van der Waals surface area contributed by atoms with Gasteiger partial charge in [0.25, 0.3) is 0 Å². The van der Waals surface area contributed by atoms with Crippen molar-refractivity contribution >= 4 is 5.97 Å². The fraction of sp³-hybridized carbons (Fsp3) is 0.607. The molecule has 32 heavy (non-hydrogen) atoms. The van der Waals surface area contributed by atoms with Gasteiger partial charge in [-0.25, -0.2) is 9.97 Å². The zero-order valence-corrected chi connectivity index (χ0v) is 20.2. The van der Waals surface area contributed by atoms with Crippen molar-refractivity contribution in [2.45, 2.75) is 110 Å². The van der Waals surface area contributed by atoms with Crippen molar-refractivity contribution in [3.05, 3.63) is 47.8 Å². The smallest absolute Gasteiger partial charge is 0.310 e. The Morgan fingerprint density at radius 3 is 1.88 bits per heavy atom. The molecule has 1 atom stereocenters. The Kier molecular flexibility index (Phi) is 12.6. The number of rotatable bonds is 17. The van der Waals surface area contributed by atoms with Crippen molar-refractivity contribution in [2.75, 3.05) is 0 Å². The molecule has 1 aromatic carbocycles. The average molecular weight is 439 g/mol. The third-order valence-corrected chi connectivity index (χ3v) is 6.24. The molecule has 0 radical (unpaired) electrons. The number of aromatic nitrogens is 2. The number of hydrogen-bond donors (Lipinski definition) is 1. The number of aryl methyl sites for hydroxylation is 1. The van der Waals surface area contributed by atoms with Gasteiger partial charge in [0.2, 0.25) is 0 Å². The molecule has 0 bridgehead atoms. The SMILES string of the molecule is CCCCCCCCc1cnc(-c2ccc(C(CCCCCCCC)C(=O)O)cc2)nc1. The zero-order chi connectivity index (χ0) is 23.0. The lowest BCUT2D eigenvalue weighted by Crippen LogP contribution is -2.11. The Morgan fingerprint density at radius 1 is 0.781 bits per heavy atom. The fourth-order valence-electron chi connectivity index (χ4n) is 4.17. The first-order chi connectivity index (χ1) is 15.7. The predicted molar refractivity (Wildman–Crippen MR) is 133 cm³/mol. The molecule has 0 aliphatic heterocycles. The number of carboxylic acid groups (broad SMARTS) is 1. The van der Waals surface area contributed by atoms with Crippen molar-refractivity contribution in [1.29, 1.82) is 0 Å². The Bertz CT molecular complexity index is 756. The van der Waals surface area contributed by atoms with Crippen LogP contribution in [-0.2, 0) is 11.2 Å². The summed E-state index contributed by atoms with van der Waals surface area (Å²) in [4.78, 5) is 20.9. The van der Waals surface area contributed by atoms with Gasteiger partial charge in [0.15, 0.2) is 5.82 Å². The molecule has 2 aromatic rings. The van der Waals surface area contributed by atoms with Crippen molar-refractivity contribution < 1.29 is 9.90 Å². The van der Waals surface area contributed by atoms with E-state index < -0.39 is 11.9 Å². The van der Waals surface area contributed by atoms with E-state index in [0.29, 0.717) is 12.2 Å². The van der Waals surface area contributed by atoms with Crippen LogP contribution in [-0.4, -0.2) is 21.0 Å². The van der Waals surface area contributed by atoms with Crippen LogP contribution in [0, 0.1) is 0 Å². The quantitative estimate of drug-likeness (QED) is 0.254. The standard InChI is InChI=1S/C28H42N2O2/c1-3-5-7-9-11-13-15-23-21-29-27(30-22-23)25-19-17-24(18-20-25)26(28(31)32)16-14-12-10-8-6-4-2/h17-22,26H,3-16H2,1-2H3,(H,31,32). The summed E-state index contributed by atoms with van der Waals surface area (Å²) in [5.74, 6) is -0.469. The summed E-state index contributed by atoms with van der Waals surface area (Å²) in [6.07, 6.45) is 20.4. The van der Waals surface area contributed by atoms with Crippen molar-refractivity contribution in [3.8, 4) is 11.4 Å². The van der Waals surface area contributed by atoms with E-state index in [1.165, 1.54) is 69.8 Å². The summed E-state index contributed by atoms with van der Waals surface area (Å²) in [7, 11) is 0. The molecule has 0 amide bonds. The van der Waals surface area contributed by atoms with Crippen LogP contribution in [0.3, 0.4) is 0 Å². The van der Waals surface area contributed by atoms with Gasteiger partial charge in [0, 0.05) is 18.0 Å². The minimum atomic E-state index is -0.735. The second-order valence-electron chi connectivity index (χ2n) is 9.00. The maximum atomic E-state index is 11.8. The van der Waals surface area contributed by atoms with Crippen molar-refractivity contribution in [3.63, 3.8) is 0 Å². The lowest BCUT2D eigenvalue weighted by atomic mass is 9.92. The van der Waals surface area contributed by atoms with E-state index >= 15 is 0 Å². The topological polar surface area (TPSA) is 63.1 Å². The lowest BCUT2D eigenvalue weighted by Gasteiger charge is -2.13. The second kappa shape index (κ2) is 15.6. The maximum absolute atomic E-state index is 11.8. The van der Waals surface area contributed by atoms with E-state index in [1.54, 1.807) is 0 Å². The summed E-state index contributed by atoms with van der Waals surface area (Å²) in [6, 6.07) is 7.77. The van der Waals surface area contributed by atoms with E-state index in [1.807, 2.05) is 36.7 Å². The van der Waals surface area contributed by atoms with Gasteiger partial charge in [-0.15, -0.1) is 0 Å². The van der Waals surface area contributed by atoms with Gasteiger partial charge in [0.05, 0.1) is 5.92 Å². The first-order valence-electron chi connectivity index (χ1n) is 12.8. The van der Waals surface area contributed by atoms with Crippen molar-refractivity contribution in [1.82, 2.24) is 9.97 Å². The number of aliphatic carboxylic acids is 1. The van der Waals surface area contributed by atoms with Gasteiger partial charge in [-0.05, 0) is 30.4 Å². The normalized spacial score (nSPS) is 12.1. The summed E-state index contributed by atoms with van der Waals surface area (Å²) >= 11 is 0. The highest BCUT2D eigenvalue weighted by Gasteiger charge is 2.19. The molecule has 0 saturated heterocycles. The fourth-order valence-corrected chi connectivity index (χ4v) is 4.17. The van der Waals surface area contributed by atoms with Crippen LogP contribution in [0.4, 0.5) is 0 Å². The van der Waals surface area contributed by atoms with Crippen LogP contribution in [0.1, 0.15) is 114 Å². The van der Waals surface area contributed by atoms with E-state index in [0.717, 1.165) is 30.4 Å². The lowest BCUT2D eigenvalue weighted by molar-refractivity contribution is -0.139. The molecule has 1 unspecified atom stereocenters. The van der Waals surface area contributed by atoms with Crippen LogP contribution >= 0.6 is 0 Å². The second-order valence-corrected chi connectivity index (χ2v) is 9.00. The molecule has 2 rings (SSSR count). The molecule has 176 valence electrons. The highest BCUT2D eigenvalue weighted by molar-refractivity contribution is 5.76. The molecule has 0 fully saturated rings. The molecule has 4 heteroatoms. The van der Waals surface area contributed by atoms with E-state index in [-0.39, 0.29) is 0 Å². The van der Waals surface area contributed by atoms with E-state index in [2.05, 4.69) is 23.8 Å². The summed E-state index contributed by atoms with van der Waals surface area (Å²) in [6.45, 7) is 4.45. The molecule has 1 aromatic heterocycles. The molecule has 0 aliphatic carbocycles. The van der Waals surface area contributed by atoms with Crippen molar-refractivity contribution in [2.24, 2.45) is 0 Å². The number of benzene rings is 1. The van der Waals surface area contributed by atoms with E-state index in [9.17, 15) is 9.90 Å². The number of nitrogens with zero attached hydrogens (tertiary/aromatic N) is 2. The van der Waals surface area contributed by atoms with Gasteiger partial charge in [-0.3, -0.25) is 4.79 Å². The Balaban J connectivity index is 1.85. The maximum Gasteiger partial charge on any atom is 0.310 e. The highest BCUT2D eigenvalue weighted by atomic mass is 16.4. The molecular formula is C28H42N2O2. The number of unbranched alkanes of at least 4 members (excludes halogenated alkanes) is 10. The minimum absolute atomic E-state index is 0.434. The summed E-state index contributed by atoms with van der Waals surface area (Å²) < 4.78 is 0. The largest absolute Gasteiger partial charge is 0.481 e. The third-order valence-electron chi connectivity index (χ3n) is 6.24. The monoisotopic (exact) mass is 438 g/mol. The van der Waals surface area contributed by atoms with Gasteiger partial charge >= 0.3 is 5.97 Å². The molecule has 1 N–H and O–H groups in total.